The second-order valence-electron chi connectivity index (χ2n) is 6.70. The van der Waals surface area contributed by atoms with Gasteiger partial charge in [0, 0.05) is 18.7 Å². The van der Waals surface area contributed by atoms with Gasteiger partial charge in [-0.05, 0) is 53.4 Å². The Balaban J connectivity index is 1.70. The van der Waals surface area contributed by atoms with Gasteiger partial charge in [-0.2, -0.15) is 0 Å². The standard InChI is InChI=1S/C23H21NO3S/c1-27-17-21-8-6-5-7-19(21)15-18-11-12-23-20(16-18)13-14-24(23)28(25,26)22-9-3-2-4-10-22/h2-14,16H,15,17H2,1H3. The summed E-state index contributed by atoms with van der Waals surface area (Å²) < 4.78 is 32.5. The molecule has 0 fully saturated rings. The second kappa shape index (κ2) is 7.62. The summed E-state index contributed by atoms with van der Waals surface area (Å²) in [5, 5.41) is 0.904. The van der Waals surface area contributed by atoms with Crippen LogP contribution in [-0.4, -0.2) is 19.5 Å². The maximum Gasteiger partial charge on any atom is 0.268 e. The first-order chi connectivity index (χ1) is 13.6. The Morgan fingerprint density at radius 3 is 2.32 bits per heavy atom. The summed E-state index contributed by atoms with van der Waals surface area (Å²) in [5.74, 6) is 0. The molecule has 0 bridgehead atoms. The molecule has 1 aromatic heterocycles. The molecule has 0 unspecified atom stereocenters. The van der Waals surface area contributed by atoms with Crippen molar-refractivity contribution < 1.29 is 13.2 Å². The van der Waals surface area contributed by atoms with E-state index in [1.54, 1.807) is 43.6 Å². The smallest absolute Gasteiger partial charge is 0.268 e. The van der Waals surface area contributed by atoms with Gasteiger partial charge in [0.25, 0.3) is 10.0 Å². The van der Waals surface area contributed by atoms with Crippen LogP contribution in [0.25, 0.3) is 10.9 Å². The summed E-state index contributed by atoms with van der Waals surface area (Å²) in [7, 11) is -1.91. The molecule has 0 saturated carbocycles. The molecule has 0 aliphatic rings. The fraction of sp³-hybridized carbons (Fsp3) is 0.130. The minimum atomic E-state index is -3.61. The lowest BCUT2D eigenvalue weighted by atomic mass is 9.99. The van der Waals surface area contributed by atoms with Gasteiger partial charge >= 0.3 is 0 Å². The third-order valence-corrected chi connectivity index (χ3v) is 6.54. The Morgan fingerprint density at radius 1 is 0.857 bits per heavy atom. The van der Waals surface area contributed by atoms with Crippen molar-refractivity contribution in [2.24, 2.45) is 0 Å². The lowest BCUT2D eigenvalue weighted by molar-refractivity contribution is 0.184. The Morgan fingerprint density at radius 2 is 1.57 bits per heavy atom. The summed E-state index contributed by atoms with van der Waals surface area (Å²) in [6, 6.07) is 24.5. The average molecular weight is 391 g/mol. The van der Waals surface area contributed by atoms with Crippen molar-refractivity contribution in [3.8, 4) is 0 Å². The Bertz CT molecular complexity index is 1210. The molecule has 4 rings (SSSR count). The highest BCUT2D eigenvalue weighted by Crippen LogP contribution is 2.25. The van der Waals surface area contributed by atoms with E-state index in [-0.39, 0.29) is 4.90 Å². The van der Waals surface area contributed by atoms with Gasteiger partial charge in [-0.1, -0.05) is 48.5 Å². The topological polar surface area (TPSA) is 48.3 Å². The van der Waals surface area contributed by atoms with Gasteiger partial charge in [-0.25, -0.2) is 12.4 Å². The van der Waals surface area contributed by atoms with Crippen molar-refractivity contribution in [1.29, 1.82) is 0 Å². The van der Waals surface area contributed by atoms with E-state index in [1.807, 2.05) is 30.3 Å². The molecule has 142 valence electrons. The molecule has 5 heteroatoms. The number of hydrogen-bond donors (Lipinski definition) is 0. The van der Waals surface area contributed by atoms with Crippen molar-refractivity contribution in [1.82, 2.24) is 3.97 Å². The predicted molar refractivity (Wildman–Crippen MR) is 111 cm³/mol. The van der Waals surface area contributed by atoms with Crippen LogP contribution in [-0.2, 0) is 27.8 Å². The second-order valence-corrected chi connectivity index (χ2v) is 8.52. The van der Waals surface area contributed by atoms with Gasteiger partial charge in [0.15, 0.2) is 0 Å². The highest BCUT2D eigenvalue weighted by Gasteiger charge is 2.18. The molecule has 0 aliphatic carbocycles. The number of rotatable bonds is 6. The van der Waals surface area contributed by atoms with E-state index >= 15 is 0 Å². The summed E-state index contributed by atoms with van der Waals surface area (Å²) in [6.07, 6.45) is 2.39. The van der Waals surface area contributed by atoms with Crippen molar-refractivity contribution >= 4 is 20.9 Å². The van der Waals surface area contributed by atoms with Crippen LogP contribution in [0, 0.1) is 0 Å². The SMILES string of the molecule is COCc1ccccc1Cc1ccc2c(ccn2S(=O)(=O)c2ccccc2)c1. The highest BCUT2D eigenvalue weighted by molar-refractivity contribution is 7.90. The van der Waals surface area contributed by atoms with Crippen LogP contribution in [0.5, 0.6) is 0 Å². The van der Waals surface area contributed by atoms with Crippen molar-refractivity contribution in [2.45, 2.75) is 17.9 Å². The summed E-state index contributed by atoms with van der Waals surface area (Å²) >= 11 is 0. The van der Waals surface area contributed by atoms with E-state index in [4.69, 9.17) is 4.74 Å². The minimum absolute atomic E-state index is 0.282. The molecule has 28 heavy (non-hydrogen) atoms. The van der Waals surface area contributed by atoms with Gasteiger partial charge in [0.05, 0.1) is 17.0 Å². The zero-order chi connectivity index (χ0) is 19.6. The van der Waals surface area contributed by atoms with Crippen LogP contribution in [0.2, 0.25) is 0 Å². The fourth-order valence-electron chi connectivity index (χ4n) is 3.44. The average Bonchev–Trinajstić information content (AvgIpc) is 3.14. The summed E-state index contributed by atoms with van der Waals surface area (Å²) in [4.78, 5) is 0.282. The summed E-state index contributed by atoms with van der Waals surface area (Å²) in [6.45, 7) is 0.574. The Hall–Kier alpha value is -2.89. The molecule has 0 radical (unpaired) electrons. The molecule has 4 nitrogen and oxygen atoms in total. The fourth-order valence-corrected chi connectivity index (χ4v) is 4.81. The van der Waals surface area contributed by atoms with E-state index in [2.05, 4.69) is 18.2 Å². The van der Waals surface area contributed by atoms with Crippen molar-refractivity contribution in [3.05, 3.63) is 102 Å². The molecular weight excluding hydrogens is 370 g/mol. The van der Waals surface area contributed by atoms with E-state index in [1.165, 1.54) is 9.54 Å². The molecule has 0 saturated heterocycles. The van der Waals surface area contributed by atoms with Gasteiger partial charge in [0.1, 0.15) is 0 Å². The van der Waals surface area contributed by atoms with Crippen LogP contribution < -0.4 is 0 Å². The molecule has 1 heterocycles. The molecule has 3 aromatic carbocycles. The van der Waals surface area contributed by atoms with E-state index < -0.39 is 10.0 Å². The largest absolute Gasteiger partial charge is 0.380 e. The minimum Gasteiger partial charge on any atom is -0.380 e. The molecule has 0 N–H and O–H groups in total. The third kappa shape index (κ3) is 3.46. The van der Waals surface area contributed by atoms with Gasteiger partial charge in [0.2, 0.25) is 0 Å². The van der Waals surface area contributed by atoms with Crippen LogP contribution in [0.3, 0.4) is 0 Å². The van der Waals surface area contributed by atoms with Crippen LogP contribution in [0.4, 0.5) is 0 Å². The maximum atomic E-state index is 13.0. The highest BCUT2D eigenvalue weighted by atomic mass is 32.2. The molecule has 4 aromatic rings. The lowest BCUT2D eigenvalue weighted by Gasteiger charge is -2.10. The molecule has 0 amide bonds. The number of methoxy groups -OCH3 is 1. The van der Waals surface area contributed by atoms with Crippen LogP contribution in [0.1, 0.15) is 16.7 Å². The number of fused-ring (bicyclic) bond motifs is 1. The Labute approximate surface area is 165 Å². The number of benzene rings is 3. The van der Waals surface area contributed by atoms with Gasteiger partial charge in [-0.15, -0.1) is 0 Å². The van der Waals surface area contributed by atoms with Crippen molar-refractivity contribution in [3.63, 3.8) is 0 Å². The van der Waals surface area contributed by atoms with Crippen LogP contribution >= 0.6 is 0 Å². The lowest BCUT2D eigenvalue weighted by Crippen LogP contribution is -2.11. The van der Waals surface area contributed by atoms with Gasteiger partial charge in [-0.3, -0.25) is 0 Å². The van der Waals surface area contributed by atoms with Crippen LogP contribution in [0.15, 0.2) is 90.0 Å². The molecular formula is C23H21NO3S. The zero-order valence-electron chi connectivity index (χ0n) is 15.6. The molecule has 0 aliphatic heterocycles. The third-order valence-electron chi connectivity index (χ3n) is 4.83. The normalized spacial score (nSPS) is 11.8. The molecule has 0 atom stereocenters. The first-order valence-corrected chi connectivity index (χ1v) is 10.5. The molecule has 0 spiro atoms. The Kier molecular flexibility index (Phi) is 5.03. The monoisotopic (exact) mass is 391 g/mol. The van der Waals surface area contributed by atoms with Gasteiger partial charge < -0.3 is 4.74 Å². The summed E-state index contributed by atoms with van der Waals surface area (Å²) in [5.41, 5.74) is 4.18. The first-order valence-electron chi connectivity index (χ1n) is 9.06. The first kappa shape index (κ1) is 18.5. The number of hydrogen-bond acceptors (Lipinski definition) is 3. The van der Waals surface area contributed by atoms with E-state index in [9.17, 15) is 8.42 Å². The number of ether oxygens (including phenoxy) is 1. The number of aromatic nitrogens is 1. The van der Waals surface area contributed by atoms with E-state index in [0.717, 1.165) is 22.9 Å². The van der Waals surface area contributed by atoms with Crippen molar-refractivity contribution in [2.75, 3.05) is 7.11 Å². The van der Waals surface area contributed by atoms with E-state index in [0.29, 0.717) is 12.1 Å². The predicted octanol–water partition coefficient (Wildman–Crippen LogP) is 4.62. The number of nitrogens with zero attached hydrogens (tertiary/aromatic N) is 1. The quantitative estimate of drug-likeness (QED) is 0.482. The maximum absolute atomic E-state index is 13.0. The zero-order valence-corrected chi connectivity index (χ0v) is 16.4.